The molecule has 2 rings (SSSR count). The first kappa shape index (κ1) is 17.2. The van der Waals surface area contributed by atoms with Gasteiger partial charge in [-0.15, -0.1) is 0 Å². The number of rotatable bonds is 8. The van der Waals surface area contributed by atoms with E-state index >= 15 is 0 Å². The summed E-state index contributed by atoms with van der Waals surface area (Å²) >= 11 is 0. The molecular formula is C17H22N2O4. The van der Waals surface area contributed by atoms with Crippen molar-refractivity contribution in [2.24, 2.45) is 0 Å². The van der Waals surface area contributed by atoms with Gasteiger partial charge in [-0.25, -0.2) is 0 Å². The van der Waals surface area contributed by atoms with Crippen LogP contribution in [0.5, 0.6) is 5.75 Å². The van der Waals surface area contributed by atoms with E-state index in [9.17, 15) is 9.90 Å². The van der Waals surface area contributed by atoms with E-state index in [1.807, 2.05) is 24.9 Å². The molecule has 0 bridgehead atoms. The maximum absolute atomic E-state index is 11.3. The molecule has 124 valence electrons. The quantitative estimate of drug-likeness (QED) is 0.751. The molecule has 0 aliphatic heterocycles. The molecule has 0 saturated heterocycles. The van der Waals surface area contributed by atoms with Crippen molar-refractivity contribution in [2.45, 2.75) is 26.5 Å². The Balaban J connectivity index is 1.79. The molecule has 1 aromatic heterocycles. The first-order chi connectivity index (χ1) is 10.9. The molecule has 1 heterocycles. The third-order valence-corrected chi connectivity index (χ3v) is 3.31. The van der Waals surface area contributed by atoms with Crippen LogP contribution >= 0.6 is 0 Å². The molecule has 1 atom stereocenters. The molecule has 0 saturated carbocycles. The number of likely N-dealkylation sites (N-methyl/N-ethyl adjacent to an activating group) is 1. The number of ketones is 1. The van der Waals surface area contributed by atoms with Crippen molar-refractivity contribution in [1.82, 2.24) is 10.1 Å². The molecule has 2 aromatic rings. The molecule has 0 aliphatic carbocycles. The lowest BCUT2D eigenvalue weighted by atomic mass is 10.1. The Morgan fingerprint density at radius 1 is 1.43 bits per heavy atom. The first-order valence-electron chi connectivity index (χ1n) is 7.46. The average molecular weight is 318 g/mol. The minimum absolute atomic E-state index is 0.0152. The van der Waals surface area contributed by atoms with Crippen molar-refractivity contribution in [2.75, 3.05) is 20.2 Å². The highest BCUT2D eigenvalue weighted by Gasteiger charge is 2.12. The van der Waals surface area contributed by atoms with E-state index in [4.69, 9.17) is 9.26 Å². The predicted molar refractivity (Wildman–Crippen MR) is 85.5 cm³/mol. The maximum atomic E-state index is 11.3. The van der Waals surface area contributed by atoms with Gasteiger partial charge in [-0.1, -0.05) is 17.3 Å². The van der Waals surface area contributed by atoms with Crippen LogP contribution in [0.4, 0.5) is 0 Å². The molecule has 0 amide bonds. The number of aromatic nitrogens is 1. The van der Waals surface area contributed by atoms with Crippen LogP contribution in [0.3, 0.4) is 0 Å². The van der Waals surface area contributed by atoms with E-state index < -0.39 is 6.10 Å². The van der Waals surface area contributed by atoms with Crippen LogP contribution in [0.2, 0.25) is 0 Å². The van der Waals surface area contributed by atoms with E-state index in [1.54, 1.807) is 24.3 Å². The summed E-state index contributed by atoms with van der Waals surface area (Å²) in [5.41, 5.74) is 1.42. The smallest absolute Gasteiger partial charge is 0.159 e. The lowest BCUT2D eigenvalue weighted by molar-refractivity contribution is 0.0737. The summed E-state index contributed by atoms with van der Waals surface area (Å²) in [6, 6.07) is 8.81. The molecule has 1 N–H and O–H groups in total. The Bertz CT molecular complexity index is 654. The Morgan fingerprint density at radius 3 is 2.87 bits per heavy atom. The van der Waals surface area contributed by atoms with Crippen LogP contribution in [0, 0.1) is 6.92 Å². The summed E-state index contributed by atoms with van der Waals surface area (Å²) in [5, 5.41) is 14.0. The molecule has 23 heavy (non-hydrogen) atoms. The average Bonchev–Trinajstić information content (AvgIpc) is 2.90. The SMILES string of the molecule is CC(=O)c1cccc(OCC(O)CN(C)Cc2cc(C)on2)c1. The number of aliphatic hydroxyl groups excluding tert-OH is 1. The molecule has 0 spiro atoms. The van der Waals surface area contributed by atoms with Crippen LogP contribution in [0.1, 0.15) is 28.7 Å². The molecule has 1 unspecified atom stereocenters. The van der Waals surface area contributed by atoms with Crippen LogP contribution in [-0.4, -0.2) is 47.2 Å². The predicted octanol–water partition coefficient (Wildman–Crippen LogP) is 2.06. The van der Waals surface area contributed by atoms with Crippen LogP contribution in [0.25, 0.3) is 0 Å². The van der Waals surface area contributed by atoms with Crippen molar-refractivity contribution >= 4 is 5.78 Å². The van der Waals surface area contributed by atoms with Crippen molar-refractivity contribution in [1.29, 1.82) is 0 Å². The van der Waals surface area contributed by atoms with Gasteiger partial charge in [0.1, 0.15) is 24.2 Å². The minimum atomic E-state index is -0.644. The number of aryl methyl sites for hydroxylation is 1. The van der Waals surface area contributed by atoms with Crippen LogP contribution in [0.15, 0.2) is 34.9 Å². The number of nitrogens with zero attached hydrogens (tertiary/aromatic N) is 2. The first-order valence-corrected chi connectivity index (χ1v) is 7.46. The summed E-state index contributed by atoms with van der Waals surface area (Å²) in [7, 11) is 1.89. The Morgan fingerprint density at radius 2 is 2.22 bits per heavy atom. The van der Waals surface area contributed by atoms with Gasteiger partial charge in [0.15, 0.2) is 5.78 Å². The van der Waals surface area contributed by atoms with Crippen LogP contribution < -0.4 is 4.74 Å². The zero-order valence-electron chi connectivity index (χ0n) is 13.7. The van der Waals surface area contributed by atoms with Gasteiger partial charge in [0.05, 0.1) is 5.69 Å². The molecule has 0 aliphatic rings. The second-order valence-electron chi connectivity index (χ2n) is 5.67. The van der Waals surface area contributed by atoms with Gasteiger partial charge in [0.25, 0.3) is 0 Å². The van der Waals surface area contributed by atoms with Crippen molar-refractivity contribution in [3.63, 3.8) is 0 Å². The monoisotopic (exact) mass is 318 g/mol. The zero-order chi connectivity index (χ0) is 16.8. The molecule has 0 fully saturated rings. The molecule has 1 aromatic carbocycles. The number of hydrogen-bond acceptors (Lipinski definition) is 6. The topological polar surface area (TPSA) is 75.8 Å². The zero-order valence-corrected chi connectivity index (χ0v) is 13.7. The molecule has 6 nitrogen and oxygen atoms in total. The number of ether oxygens (including phenoxy) is 1. The molecule has 6 heteroatoms. The van der Waals surface area contributed by atoms with Gasteiger partial charge in [-0.3, -0.25) is 9.69 Å². The van der Waals surface area contributed by atoms with Gasteiger partial charge in [-0.05, 0) is 33.0 Å². The second kappa shape index (κ2) is 7.89. The highest BCUT2D eigenvalue weighted by Crippen LogP contribution is 2.14. The van der Waals surface area contributed by atoms with Crippen molar-refractivity contribution in [3.05, 3.63) is 47.3 Å². The molecule has 0 radical (unpaired) electrons. The minimum Gasteiger partial charge on any atom is -0.491 e. The summed E-state index contributed by atoms with van der Waals surface area (Å²) in [6.45, 7) is 4.54. The Hall–Kier alpha value is -2.18. The lowest BCUT2D eigenvalue weighted by Gasteiger charge is -2.19. The fraction of sp³-hybridized carbons (Fsp3) is 0.412. The highest BCUT2D eigenvalue weighted by atomic mass is 16.5. The molecular weight excluding hydrogens is 296 g/mol. The van der Waals surface area contributed by atoms with Gasteiger partial charge in [-0.2, -0.15) is 0 Å². The van der Waals surface area contributed by atoms with E-state index in [-0.39, 0.29) is 12.4 Å². The number of Topliss-reactive ketones (excluding diaryl/α,β-unsaturated/α-hetero) is 1. The third kappa shape index (κ3) is 5.50. The standard InChI is InChI=1S/C17H22N2O4/c1-12-7-15(18-23-12)9-19(3)10-16(21)11-22-17-6-4-5-14(8-17)13(2)20/h4-8,16,21H,9-11H2,1-3H3. The fourth-order valence-electron chi connectivity index (χ4n) is 2.24. The van der Waals surface area contributed by atoms with E-state index in [0.717, 1.165) is 11.5 Å². The normalized spacial score (nSPS) is 12.4. The second-order valence-corrected chi connectivity index (χ2v) is 5.67. The van der Waals surface area contributed by atoms with E-state index in [1.165, 1.54) is 6.92 Å². The number of carbonyl (C=O) groups excluding carboxylic acids is 1. The number of hydrogen-bond donors (Lipinski definition) is 1. The van der Waals surface area contributed by atoms with Gasteiger partial charge >= 0.3 is 0 Å². The summed E-state index contributed by atoms with van der Waals surface area (Å²) in [4.78, 5) is 13.3. The van der Waals surface area contributed by atoms with E-state index in [2.05, 4.69) is 5.16 Å². The van der Waals surface area contributed by atoms with E-state index in [0.29, 0.717) is 24.4 Å². The number of benzene rings is 1. The Labute approximate surface area is 135 Å². The number of aliphatic hydroxyl groups is 1. The summed E-state index contributed by atoms with van der Waals surface area (Å²) < 4.78 is 10.6. The van der Waals surface area contributed by atoms with Gasteiger partial charge in [0.2, 0.25) is 0 Å². The summed E-state index contributed by atoms with van der Waals surface area (Å²) in [5.74, 6) is 1.33. The lowest BCUT2D eigenvalue weighted by Crippen LogP contribution is -2.32. The van der Waals surface area contributed by atoms with Crippen molar-refractivity contribution < 1.29 is 19.2 Å². The largest absolute Gasteiger partial charge is 0.491 e. The fourth-order valence-corrected chi connectivity index (χ4v) is 2.24. The van der Waals surface area contributed by atoms with Crippen molar-refractivity contribution in [3.8, 4) is 5.75 Å². The van der Waals surface area contributed by atoms with Gasteiger partial charge in [0, 0.05) is 24.7 Å². The summed E-state index contributed by atoms with van der Waals surface area (Å²) in [6.07, 6.45) is -0.644. The van der Waals surface area contributed by atoms with Gasteiger partial charge < -0.3 is 14.4 Å². The van der Waals surface area contributed by atoms with Crippen LogP contribution in [-0.2, 0) is 6.54 Å². The number of carbonyl (C=O) groups is 1. The highest BCUT2D eigenvalue weighted by molar-refractivity contribution is 5.94. The maximum Gasteiger partial charge on any atom is 0.159 e. The Kier molecular flexibility index (Phi) is 5.90. The third-order valence-electron chi connectivity index (χ3n) is 3.31.